The average molecular weight is 264 g/mol. The van der Waals surface area contributed by atoms with E-state index in [-0.39, 0.29) is 18.8 Å². The molecule has 19 heavy (non-hydrogen) atoms. The lowest BCUT2D eigenvalue weighted by Gasteiger charge is -2.06. The predicted molar refractivity (Wildman–Crippen MR) is 68.9 cm³/mol. The Kier molecular flexibility index (Phi) is 5.73. The van der Waals surface area contributed by atoms with Gasteiger partial charge >= 0.3 is 11.9 Å². The van der Waals surface area contributed by atoms with Crippen LogP contribution in [0.1, 0.15) is 19.4 Å². The van der Waals surface area contributed by atoms with Gasteiger partial charge in [0.15, 0.2) is 12.4 Å². The fourth-order valence-electron chi connectivity index (χ4n) is 1.39. The molecule has 5 heteroatoms. The molecule has 0 unspecified atom stereocenters. The molecule has 0 saturated heterocycles. The van der Waals surface area contributed by atoms with Crippen molar-refractivity contribution < 1.29 is 23.6 Å². The van der Waals surface area contributed by atoms with Crippen LogP contribution >= 0.6 is 0 Å². The first-order chi connectivity index (χ1) is 9.08. The molecule has 0 aliphatic rings. The van der Waals surface area contributed by atoms with Gasteiger partial charge in [-0.15, -0.1) is 0 Å². The van der Waals surface area contributed by atoms with Crippen molar-refractivity contribution in [2.45, 2.75) is 13.8 Å². The van der Waals surface area contributed by atoms with Gasteiger partial charge in [-0.2, -0.15) is 0 Å². The molecule has 5 nitrogen and oxygen atoms in total. The maximum atomic E-state index is 11.7. The zero-order valence-electron chi connectivity index (χ0n) is 11.4. The fourth-order valence-corrected chi connectivity index (χ4v) is 1.39. The number of ether oxygens (including phenoxy) is 2. The molecule has 0 radical (unpaired) electrons. The Hall–Kier alpha value is -2.17. The monoisotopic (exact) mass is 264 g/mol. The van der Waals surface area contributed by atoms with Crippen LogP contribution in [0.15, 0.2) is 30.1 Å². The molecule has 0 aromatic carbocycles. The van der Waals surface area contributed by atoms with Crippen LogP contribution in [0.2, 0.25) is 0 Å². The van der Waals surface area contributed by atoms with Crippen LogP contribution in [0.25, 0.3) is 6.08 Å². The highest BCUT2D eigenvalue weighted by atomic mass is 16.6. The van der Waals surface area contributed by atoms with Gasteiger partial charge in [-0.25, -0.2) is 14.2 Å². The first-order valence-electron chi connectivity index (χ1n) is 6.09. The molecule has 1 heterocycles. The van der Waals surface area contributed by atoms with Crippen molar-refractivity contribution in [1.82, 2.24) is 0 Å². The summed E-state index contributed by atoms with van der Waals surface area (Å²) in [7, 11) is 1.88. The van der Waals surface area contributed by atoms with Crippen molar-refractivity contribution in [2.75, 3.05) is 13.2 Å². The Morgan fingerprint density at radius 3 is 2.00 bits per heavy atom. The number of esters is 2. The molecule has 0 bridgehead atoms. The highest BCUT2D eigenvalue weighted by molar-refractivity contribution is 6.17. The van der Waals surface area contributed by atoms with Crippen LogP contribution in [-0.4, -0.2) is 25.2 Å². The smallest absolute Gasteiger partial charge is 0.345 e. The van der Waals surface area contributed by atoms with E-state index in [1.807, 2.05) is 24.0 Å². The fraction of sp³-hybridized carbons (Fsp3) is 0.357. The number of nitrogens with zero attached hydrogens (tertiary/aromatic N) is 1. The quantitative estimate of drug-likeness (QED) is 0.262. The van der Waals surface area contributed by atoms with Crippen LogP contribution < -0.4 is 4.57 Å². The van der Waals surface area contributed by atoms with Crippen molar-refractivity contribution in [3.05, 3.63) is 35.7 Å². The van der Waals surface area contributed by atoms with Crippen molar-refractivity contribution in [1.29, 1.82) is 0 Å². The SMILES string of the molecule is CCOC(=O)C(=Cc1cc[n+](C)cc1)C(=O)OCC. The predicted octanol–water partition coefficient (Wildman–Crippen LogP) is 1.02. The molecule has 0 saturated carbocycles. The summed E-state index contributed by atoms with van der Waals surface area (Å²) >= 11 is 0. The molecule has 0 atom stereocenters. The zero-order chi connectivity index (χ0) is 14.3. The maximum absolute atomic E-state index is 11.7. The molecule has 0 N–H and O–H groups in total. The van der Waals surface area contributed by atoms with Gasteiger partial charge in [-0.3, -0.25) is 0 Å². The summed E-state index contributed by atoms with van der Waals surface area (Å²) < 4.78 is 11.6. The standard InChI is InChI=1S/C14H18NO4/c1-4-18-13(16)12(14(17)19-5-2)10-11-6-8-15(3)9-7-11/h6-10H,4-5H2,1-3H3/q+1. The molecular weight excluding hydrogens is 246 g/mol. The van der Waals surface area contributed by atoms with E-state index in [9.17, 15) is 9.59 Å². The van der Waals surface area contributed by atoms with Crippen molar-refractivity contribution in [2.24, 2.45) is 7.05 Å². The molecule has 1 aromatic rings. The minimum atomic E-state index is -0.672. The first kappa shape index (κ1) is 14.9. The third-order valence-corrected chi connectivity index (χ3v) is 2.31. The van der Waals surface area contributed by atoms with Crippen LogP contribution in [-0.2, 0) is 26.1 Å². The van der Waals surface area contributed by atoms with Gasteiger partial charge in [0, 0.05) is 12.1 Å². The van der Waals surface area contributed by atoms with Crippen molar-refractivity contribution in [3.8, 4) is 0 Å². The summed E-state index contributed by atoms with van der Waals surface area (Å²) in [4.78, 5) is 23.5. The molecule has 0 aliphatic carbocycles. The number of carbonyl (C=O) groups excluding carboxylic acids is 2. The molecule has 1 aromatic heterocycles. The highest BCUT2D eigenvalue weighted by Gasteiger charge is 2.20. The minimum Gasteiger partial charge on any atom is -0.462 e. The summed E-state index contributed by atoms with van der Waals surface area (Å²) in [5.74, 6) is -1.34. The number of aromatic nitrogens is 1. The Morgan fingerprint density at radius 2 is 1.58 bits per heavy atom. The number of rotatable bonds is 5. The molecule has 102 valence electrons. The average Bonchev–Trinajstić information content (AvgIpc) is 2.38. The van der Waals surface area contributed by atoms with Crippen LogP contribution in [0.3, 0.4) is 0 Å². The van der Waals surface area contributed by atoms with Gasteiger partial charge in [-0.05, 0) is 25.5 Å². The number of carbonyl (C=O) groups is 2. The van der Waals surface area contributed by atoms with Crippen molar-refractivity contribution >= 4 is 18.0 Å². The molecular formula is C14H18NO4+. The molecule has 1 rings (SSSR count). The molecule has 0 spiro atoms. The van der Waals surface area contributed by atoms with Crippen LogP contribution in [0, 0.1) is 0 Å². The lowest BCUT2D eigenvalue weighted by atomic mass is 10.1. The topological polar surface area (TPSA) is 56.5 Å². The van der Waals surface area contributed by atoms with Crippen LogP contribution in [0.5, 0.6) is 0 Å². The number of aryl methyl sites for hydroxylation is 1. The second kappa shape index (κ2) is 7.31. The minimum absolute atomic E-state index is 0.0995. The Bertz CT molecular complexity index is 457. The van der Waals surface area contributed by atoms with Gasteiger partial charge < -0.3 is 9.47 Å². The summed E-state index contributed by atoms with van der Waals surface area (Å²) in [5.41, 5.74) is 0.631. The summed E-state index contributed by atoms with van der Waals surface area (Å²) in [6, 6.07) is 3.58. The van der Waals surface area contributed by atoms with E-state index < -0.39 is 11.9 Å². The highest BCUT2D eigenvalue weighted by Crippen LogP contribution is 2.09. The lowest BCUT2D eigenvalue weighted by Crippen LogP contribution is -2.25. The number of hydrogen-bond acceptors (Lipinski definition) is 4. The van der Waals surface area contributed by atoms with Crippen molar-refractivity contribution in [3.63, 3.8) is 0 Å². The van der Waals surface area contributed by atoms with E-state index in [0.29, 0.717) is 0 Å². The third-order valence-electron chi connectivity index (χ3n) is 2.31. The van der Waals surface area contributed by atoms with Gasteiger partial charge in [0.2, 0.25) is 0 Å². The summed E-state index contributed by atoms with van der Waals surface area (Å²) in [6.45, 7) is 3.78. The van der Waals surface area contributed by atoms with Gasteiger partial charge in [0.25, 0.3) is 0 Å². The largest absolute Gasteiger partial charge is 0.462 e. The van der Waals surface area contributed by atoms with Gasteiger partial charge in [0.1, 0.15) is 12.6 Å². The van der Waals surface area contributed by atoms with E-state index in [1.165, 1.54) is 6.08 Å². The molecule has 0 amide bonds. The Labute approximate surface area is 112 Å². The van der Waals surface area contributed by atoms with E-state index in [1.54, 1.807) is 26.0 Å². The van der Waals surface area contributed by atoms with E-state index in [2.05, 4.69) is 0 Å². The summed E-state index contributed by atoms with van der Waals surface area (Å²) in [5, 5.41) is 0. The van der Waals surface area contributed by atoms with Gasteiger partial charge in [-0.1, -0.05) is 0 Å². The van der Waals surface area contributed by atoms with Crippen LogP contribution in [0.4, 0.5) is 0 Å². The first-order valence-corrected chi connectivity index (χ1v) is 6.09. The Morgan fingerprint density at radius 1 is 1.11 bits per heavy atom. The second-order valence-electron chi connectivity index (χ2n) is 3.80. The maximum Gasteiger partial charge on any atom is 0.345 e. The molecule has 0 aliphatic heterocycles. The third kappa shape index (κ3) is 4.54. The second-order valence-corrected chi connectivity index (χ2v) is 3.80. The number of hydrogen-bond donors (Lipinski definition) is 0. The normalized spacial score (nSPS) is 9.63. The Balaban J connectivity index is 3.04. The number of pyridine rings is 1. The summed E-state index contributed by atoms with van der Waals surface area (Å²) in [6.07, 6.45) is 5.11. The van der Waals surface area contributed by atoms with E-state index in [4.69, 9.17) is 9.47 Å². The van der Waals surface area contributed by atoms with Gasteiger partial charge in [0.05, 0.1) is 13.2 Å². The zero-order valence-corrected chi connectivity index (χ0v) is 11.4. The molecule has 0 fully saturated rings. The van der Waals surface area contributed by atoms with E-state index in [0.717, 1.165) is 5.56 Å². The lowest BCUT2D eigenvalue weighted by molar-refractivity contribution is -0.671. The van der Waals surface area contributed by atoms with E-state index >= 15 is 0 Å².